The van der Waals surface area contributed by atoms with Crippen LogP contribution in [-0.4, -0.2) is 97.1 Å². The van der Waals surface area contributed by atoms with Gasteiger partial charge in [0, 0.05) is 64.2 Å². The van der Waals surface area contributed by atoms with Gasteiger partial charge in [-0.05, 0) is 26.1 Å². The maximum Gasteiger partial charge on any atom is 0.282 e. The Bertz CT molecular complexity index is 706. The van der Waals surface area contributed by atoms with Gasteiger partial charge in [0.1, 0.15) is 0 Å². The molecule has 0 N–H and O–H groups in total. The number of pyridine rings is 1. The zero-order valence-corrected chi connectivity index (χ0v) is 15.6. The zero-order valence-electron chi connectivity index (χ0n) is 14.8. The lowest BCUT2D eigenvalue weighted by Crippen LogP contribution is -2.57. The maximum absolute atomic E-state index is 12.8. The average molecular weight is 367 g/mol. The summed E-state index contributed by atoms with van der Waals surface area (Å²) in [5, 5.41) is 0. The summed E-state index contributed by atoms with van der Waals surface area (Å²) in [6.45, 7) is 5.88. The van der Waals surface area contributed by atoms with Gasteiger partial charge in [-0.2, -0.15) is 17.0 Å². The number of carbonyl (C=O) groups excluding carboxylic acids is 1. The molecule has 2 aliphatic heterocycles. The first-order chi connectivity index (χ1) is 11.9. The highest BCUT2D eigenvalue weighted by atomic mass is 32.2. The Morgan fingerprint density at radius 1 is 0.960 bits per heavy atom. The third-order valence-corrected chi connectivity index (χ3v) is 6.83. The van der Waals surface area contributed by atoms with Gasteiger partial charge in [-0.3, -0.25) is 9.78 Å². The van der Waals surface area contributed by atoms with E-state index < -0.39 is 10.2 Å². The van der Waals surface area contributed by atoms with Crippen LogP contribution in [0.5, 0.6) is 0 Å². The monoisotopic (exact) mass is 367 g/mol. The maximum atomic E-state index is 12.8. The number of nitrogens with zero attached hydrogens (tertiary/aromatic N) is 5. The Kier molecular flexibility index (Phi) is 5.38. The lowest BCUT2D eigenvalue weighted by molar-refractivity contribution is 0.0691. The number of rotatable bonds is 3. The second-order valence-electron chi connectivity index (χ2n) is 6.59. The van der Waals surface area contributed by atoms with Gasteiger partial charge in [0.2, 0.25) is 0 Å². The van der Waals surface area contributed by atoms with Crippen molar-refractivity contribution in [1.29, 1.82) is 0 Å². The molecule has 2 saturated heterocycles. The first-order valence-electron chi connectivity index (χ1n) is 8.53. The molecule has 1 amide bonds. The number of aromatic nitrogens is 1. The molecule has 9 heteroatoms. The van der Waals surface area contributed by atoms with Gasteiger partial charge in [0.25, 0.3) is 16.1 Å². The van der Waals surface area contributed by atoms with Crippen LogP contribution in [0.25, 0.3) is 0 Å². The summed E-state index contributed by atoms with van der Waals surface area (Å²) in [6, 6.07) is 3.57. The average Bonchev–Trinajstić information content (AvgIpc) is 2.62. The highest BCUT2D eigenvalue weighted by Gasteiger charge is 2.34. The Morgan fingerprint density at radius 2 is 1.52 bits per heavy atom. The lowest BCUT2D eigenvalue weighted by Gasteiger charge is -2.39. The van der Waals surface area contributed by atoms with Gasteiger partial charge < -0.3 is 9.80 Å². The van der Waals surface area contributed by atoms with Crippen molar-refractivity contribution >= 4 is 16.1 Å². The number of piperazine rings is 2. The molecule has 0 bridgehead atoms. The standard InChI is InChI=1S/C16H25N5O3S/c1-14-3-4-15(13-17-14)16(22)19-7-11-21(12-8-19)25(23,24)20-9-5-18(2)6-10-20/h3-4,13H,5-12H2,1-2H3. The minimum absolute atomic E-state index is 0.0934. The molecule has 1 aromatic rings. The Hall–Kier alpha value is -1.55. The third kappa shape index (κ3) is 4.00. The van der Waals surface area contributed by atoms with Crippen molar-refractivity contribution in [2.24, 2.45) is 0 Å². The van der Waals surface area contributed by atoms with Crippen LogP contribution in [0.15, 0.2) is 18.3 Å². The van der Waals surface area contributed by atoms with E-state index in [0.29, 0.717) is 44.8 Å². The molecule has 0 atom stereocenters. The van der Waals surface area contributed by atoms with Crippen molar-refractivity contribution in [2.75, 3.05) is 59.4 Å². The number of likely N-dealkylation sites (N-methyl/N-ethyl adjacent to an activating group) is 1. The molecule has 25 heavy (non-hydrogen) atoms. The van der Waals surface area contributed by atoms with Crippen molar-refractivity contribution in [3.63, 3.8) is 0 Å². The second-order valence-corrected chi connectivity index (χ2v) is 8.52. The molecule has 3 rings (SSSR count). The Morgan fingerprint density at radius 3 is 2.04 bits per heavy atom. The molecule has 8 nitrogen and oxygen atoms in total. The van der Waals surface area contributed by atoms with E-state index in [-0.39, 0.29) is 5.91 Å². The van der Waals surface area contributed by atoms with Gasteiger partial charge in [-0.1, -0.05) is 0 Å². The summed E-state index contributed by atoms with van der Waals surface area (Å²) in [6.07, 6.45) is 1.57. The van der Waals surface area contributed by atoms with Crippen LogP contribution in [-0.2, 0) is 10.2 Å². The topological polar surface area (TPSA) is 77.1 Å². The largest absolute Gasteiger partial charge is 0.336 e. The summed E-state index contributed by atoms with van der Waals surface area (Å²) in [4.78, 5) is 20.5. The van der Waals surface area contributed by atoms with Crippen molar-refractivity contribution in [3.8, 4) is 0 Å². The quantitative estimate of drug-likeness (QED) is 0.729. The van der Waals surface area contributed by atoms with Crippen molar-refractivity contribution in [3.05, 3.63) is 29.6 Å². The van der Waals surface area contributed by atoms with E-state index in [0.717, 1.165) is 18.8 Å². The fraction of sp³-hybridized carbons (Fsp3) is 0.625. The van der Waals surface area contributed by atoms with Crippen molar-refractivity contribution in [2.45, 2.75) is 6.92 Å². The van der Waals surface area contributed by atoms with Crippen LogP contribution in [0.2, 0.25) is 0 Å². The molecule has 0 radical (unpaired) electrons. The molecule has 1 aromatic heterocycles. The van der Waals surface area contributed by atoms with Crippen LogP contribution >= 0.6 is 0 Å². The van der Waals surface area contributed by atoms with Gasteiger partial charge in [-0.25, -0.2) is 0 Å². The normalized spacial score (nSPS) is 21.4. The van der Waals surface area contributed by atoms with Gasteiger partial charge in [-0.15, -0.1) is 0 Å². The third-order valence-electron chi connectivity index (χ3n) is 4.80. The van der Waals surface area contributed by atoms with E-state index >= 15 is 0 Å². The highest BCUT2D eigenvalue weighted by molar-refractivity contribution is 7.86. The van der Waals surface area contributed by atoms with Gasteiger partial charge in [0.05, 0.1) is 5.56 Å². The summed E-state index contributed by atoms with van der Waals surface area (Å²) in [5.74, 6) is -0.0934. The van der Waals surface area contributed by atoms with E-state index in [1.807, 2.05) is 14.0 Å². The fourth-order valence-electron chi connectivity index (χ4n) is 3.08. The number of aryl methyl sites for hydroxylation is 1. The summed E-state index contributed by atoms with van der Waals surface area (Å²) >= 11 is 0. The molecule has 0 aromatic carbocycles. The van der Waals surface area contributed by atoms with Crippen molar-refractivity contribution < 1.29 is 13.2 Å². The number of carbonyl (C=O) groups is 1. The molecule has 2 fully saturated rings. The summed E-state index contributed by atoms with van der Waals surface area (Å²) in [7, 11) is -1.44. The molecular formula is C16H25N5O3S. The van der Waals surface area contributed by atoms with E-state index in [2.05, 4.69) is 9.88 Å². The van der Waals surface area contributed by atoms with Gasteiger partial charge in [0.15, 0.2) is 0 Å². The van der Waals surface area contributed by atoms with Crippen LogP contribution in [0.4, 0.5) is 0 Å². The minimum Gasteiger partial charge on any atom is -0.336 e. The lowest BCUT2D eigenvalue weighted by atomic mass is 10.2. The van der Waals surface area contributed by atoms with E-state index in [1.54, 1.807) is 27.5 Å². The smallest absolute Gasteiger partial charge is 0.282 e. The van der Waals surface area contributed by atoms with E-state index in [1.165, 1.54) is 4.31 Å². The summed E-state index contributed by atoms with van der Waals surface area (Å²) in [5.41, 5.74) is 1.40. The molecule has 0 aliphatic carbocycles. The molecule has 0 spiro atoms. The number of hydrogen-bond donors (Lipinski definition) is 0. The van der Waals surface area contributed by atoms with Crippen molar-refractivity contribution in [1.82, 2.24) is 23.4 Å². The highest BCUT2D eigenvalue weighted by Crippen LogP contribution is 2.16. The van der Waals surface area contributed by atoms with Crippen LogP contribution in [0.3, 0.4) is 0 Å². The zero-order chi connectivity index (χ0) is 18.0. The van der Waals surface area contributed by atoms with Gasteiger partial charge >= 0.3 is 0 Å². The van der Waals surface area contributed by atoms with E-state index in [4.69, 9.17) is 0 Å². The molecular weight excluding hydrogens is 342 g/mol. The first kappa shape index (κ1) is 18.2. The van der Waals surface area contributed by atoms with Crippen LogP contribution < -0.4 is 0 Å². The van der Waals surface area contributed by atoms with Crippen LogP contribution in [0, 0.1) is 6.92 Å². The fourth-order valence-corrected chi connectivity index (χ4v) is 4.66. The summed E-state index contributed by atoms with van der Waals surface area (Å²) < 4.78 is 28.5. The second kappa shape index (κ2) is 7.36. The minimum atomic E-state index is -3.44. The molecule has 138 valence electrons. The Balaban J connectivity index is 1.59. The SMILES string of the molecule is Cc1ccc(C(=O)N2CCN(S(=O)(=O)N3CCN(C)CC3)CC2)cn1. The predicted octanol–water partition coefficient (Wildman–Crippen LogP) is -0.360. The molecule has 2 aliphatic rings. The molecule has 0 unspecified atom stereocenters. The predicted molar refractivity (Wildman–Crippen MR) is 94.4 cm³/mol. The Labute approximate surface area is 149 Å². The molecule has 3 heterocycles. The molecule has 0 saturated carbocycles. The first-order valence-corrected chi connectivity index (χ1v) is 9.93. The van der Waals surface area contributed by atoms with Crippen LogP contribution in [0.1, 0.15) is 16.1 Å². The number of hydrogen-bond acceptors (Lipinski definition) is 5. The van der Waals surface area contributed by atoms with E-state index in [9.17, 15) is 13.2 Å². The number of amides is 1.